The Morgan fingerprint density at radius 1 is 1.00 bits per heavy atom. The van der Waals surface area contributed by atoms with Crippen LogP contribution in [0.25, 0.3) is 0 Å². The zero-order chi connectivity index (χ0) is 0. The molecule has 0 bridgehead atoms. The minimum absolute atomic E-state index is 0. The van der Waals surface area contributed by atoms with Gasteiger partial charge in [-0.1, -0.05) is 0 Å². The predicted molar refractivity (Wildman–Crippen MR) is 15.6 cm³/mol. The molecule has 0 fully saturated rings. The van der Waals surface area contributed by atoms with E-state index < -0.39 is 0 Å². The van der Waals surface area contributed by atoms with Gasteiger partial charge >= 0.3 is 29.6 Å². The molecule has 0 aliphatic heterocycles. The Kier molecular flexibility index (Phi) is 175. The zero-order valence-corrected chi connectivity index (χ0v) is 6.91. The van der Waals surface area contributed by atoms with Gasteiger partial charge in [0.25, 0.3) is 0 Å². The molecule has 0 atom stereocenters. The molecule has 0 radical (unpaired) electrons. The number of rotatable bonds is 0. The van der Waals surface area contributed by atoms with Crippen LogP contribution in [0.4, 0.5) is 0 Å². The van der Waals surface area contributed by atoms with Gasteiger partial charge in [-0.15, -0.1) is 24.8 Å². The van der Waals surface area contributed by atoms with Crippen LogP contribution in [0.3, 0.4) is 0 Å². The van der Waals surface area contributed by atoms with Crippen LogP contribution in [0.1, 0.15) is 1.43 Å². The zero-order valence-electron chi connectivity index (χ0n) is 3.17. The molecule has 0 aromatic rings. The molecule has 0 aliphatic rings. The molecule has 4 heavy (non-hydrogen) atoms. The average Bonchev–Trinajstić information content (AvgIpc) is 0. The van der Waals surface area contributed by atoms with Crippen LogP contribution in [0.5, 0.6) is 0 Å². The van der Waals surface area contributed by atoms with Crippen molar-refractivity contribution < 1.29 is 48.1 Å². The van der Waals surface area contributed by atoms with Gasteiger partial charge < -0.3 is 1.43 Å². The summed E-state index contributed by atoms with van der Waals surface area (Å²) >= 11 is 0. The van der Waals surface area contributed by atoms with Crippen LogP contribution in [0, 0.1) is 0 Å². The molecule has 0 rings (SSSR count). The fraction of sp³-hybridized carbons (Fsp3) is 0. The molecule has 0 N–H and O–H groups in total. The quantitative estimate of drug-likeness (QED) is 0.351. The molecule has 4 heteroatoms. The van der Waals surface area contributed by atoms with E-state index in [1.54, 1.807) is 0 Å². The Labute approximate surface area is 72.2 Å². The number of hydrogen-bond acceptors (Lipinski definition) is 0. The van der Waals surface area contributed by atoms with Crippen molar-refractivity contribution in [3.8, 4) is 0 Å². The smallest absolute Gasteiger partial charge is 1.00 e. The third kappa shape index (κ3) is 8.93. The number of hydrogen-bond donors (Lipinski definition) is 0. The standard InChI is InChI=1S/2ClH.Fe.Na.H/h2*1H;;;/q;;;+1;-1. The molecular formula is H3Cl2FeNa. The van der Waals surface area contributed by atoms with Crippen LogP contribution in [-0.4, -0.2) is 0 Å². The summed E-state index contributed by atoms with van der Waals surface area (Å²) in [6, 6.07) is 0. The largest absolute Gasteiger partial charge is 1.00 e. The minimum Gasteiger partial charge on any atom is -1.00 e. The summed E-state index contributed by atoms with van der Waals surface area (Å²) in [4.78, 5) is 0. The van der Waals surface area contributed by atoms with Crippen molar-refractivity contribution in [2.75, 3.05) is 0 Å². The molecule has 0 amide bonds. The first-order valence-electron chi connectivity index (χ1n) is 0. The van der Waals surface area contributed by atoms with Gasteiger partial charge in [-0.25, -0.2) is 0 Å². The van der Waals surface area contributed by atoms with Crippen molar-refractivity contribution in [2.45, 2.75) is 0 Å². The molecule has 0 aromatic heterocycles. The molecule has 0 aromatic carbocycles. The summed E-state index contributed by atoms with van der Waals surface area (Å²) in [5, 5.41) is 0. The Morgan fingerprint density at radius 2 is 1.00 bits per heavy atom. The van der Waals surface area contributed by atoms with Crippen molar-refractivity contribution in [3.63, 3.8) is 0 Å². The Morgan fingerprint density at radius 3 is 1.00 bits per heavy atom. The van der Waals surface area contributed by atoms with E-state index in [9.17, 15) is 0 Å². The predicted octanol–water partition coefficient (Wildman–Crippen LogP) is -2.04. The first-order chi connectivity index (χ1) is 0. The third-order valence-electron chi connectivity index (χ3n) is 0. The molecule has 0 heterocycles. The van der Waals surface area contributed by atoms with E-state index in [0.29, 0.717) is 0 Å². The monoisotopic (exact) mass is 152 g/mol. The average molecular weight is 153 g/mol. The van der Waals surface area contributed by atoms with Crippen molar-refractivity contribution >= 4 is 24.8 Å². The van der Waals surface area contributed by atoms with Crippen LogP contribution in [-0.2, 0) is 17.1 Å². The summed E-state index contributed by atoms with van der Waals surface area (Å²) < 4.78 is 0. The summed E-state index contributed by atoms with van der Waals surface area (Å²) in [6.45, 7) is 0. The molecule has 26 valence electrons. The second-order valence-corrected chi connectivity index (χ2v) is 0. The molecule has 0 unspecified atom stereocenters. The third-order valence-corrected chi connectivity index (χ3v) is 0. The molecule has 0 spiro atoms. The fourth-order valence-corrected chi connectivity index (χ4v) is 0. The minimum atomic E-state index is 0. The van der Waals surface area contributed by atoms with Gasteiger partial charge in [0.05, 0.1) is 0 Å². The van der Waals surface area contributed by atoms with E-state index in [0.717, 1.165) is 0 Å². The summed E-state index contributed by atoms with van der Waals surface area (Å²) in [5.74, 6) is 0. The second kappa shape index (κ2) is 19.4. The SMILES string of the molecule is Cl.Cl.[Fe].[H-].[Na+]. The molecule has 0 aliphatic carbocycles. The van der Waals surface area contributed by atoms with Gasteiger partial charge in [0.15, 0.2) is 0 Å². The molecule has 0 saturated heterocycles. The maximum atomic E-state index is 0. The Hall–Kier alpha value is 2.10. The van der Waals surface area contributed by atoms with E-state index in [2.05, 4.69) is 0 Å². The van der Waals surface area contributed by atoms with Crippen LogP contribution in [0.15, 0.2) is 0 Å². The van der Waals surface area contributed by atoms with Gasteiger partial charge in [0, 0.05) is 17.1 Å². The van der Waals surface area contributed by atoms with Crippen LogP contribution < -0.4 is 29.6 Å². The van der Waals surface area contributed by atoms with Crippen molar-refractivity contribution in [2.24, 2.45) is 0 Å². The van der Waals surface area contributed by atoms with E-state index in [-0.39, 0.29) is 72.9 Å². The van der Waals surface area contributed by atoms with Crippen LogP contribution >= 0.6 is 24.8 Å². The van der Waals surface area contributed by atoms with Crippen LogP contribution in [0.2, 0.25) is 0 Å². The first-order valence-corrected chi connectivity index (χ1v) is 0. The van der Waals surface area contributed by atoms with Gasteiger partial charge in [0.2, 0.25) is 0 Å². The van der Waals surface area contributed by atoms with Crippen molar-refractivity contribution in [1.29, 1.82) is 0 Å². The topological polar surface area (TPSA) is 0 Å². The summed E-state index contributed by atoms with van der Waals surface area (Å²) in [7, 11) is 0. The maximum absolute atomic E-state index is 0. The van der Waals surface area contributed by atoms with Gasteiger partial charge in [-0.05, 0) is 0 Å². The summed E-state index contributed by atoms with van der Waals surface area (Å²) in [6.07, 6.45) is 0. The first kappa shape index (κ1) is 36.0. The Bertz CT molecular complexity index is 9.61. The molecule has 0 saturated carbocycles. The number of halogens is 2. The van der Waals surface area contributed by atoms with Gasteiger partial charge in [0.1, 0.15) is 0 Å². The molecule has 0 nitrogen and oxygen atoms in total. The maximum Gasteiger partial charge on any atom is 1.00 e. The summed E-state index contributed by atoms with van der Waals surface area (Å²) in [5.41, 5.74) is 0. The van der Waals surface area contributed by atoms with E-state index >= 15 is 0 Å². The van der Waals surface area contributed by atoms with E-state index in [1.807, 2.05) is 0 Å². The van der Waals surface area contributed by atoms with Crippen molar-refractivity contribution in [1.82, 2.24) is 0 Å². The Balaban J connectivity index is 0. The van der Waals surface area contributed by atoms with E-state index in [1.165, 1.54) is 0 Å². The normalized spacial score (nSPS) is 0. The van der Waals surface area contributed by atoms with Gasteiger partial charge in [-0.2, -0.15) is 0 Å². The molecular weight excluding hydrogens is 150 g/mol. The van der Waals surface area contributed by atoms with Crippen molar-refractivity contribution in [3.05, 3.63) is 0 Å². The second-order valence-electron chi connectivity index (χ2n) is 0. The fourth-order valence-electron chi connectivity index (χ4n) is 0. The van der Waals surface area contributed by atoms with E-state index in [4.69, 9.17) is 0 Å². The van der Waals surface area contributed by atoms with Gasteiger partial charge in [-0.3, -0.25) is 0 Å².